The Balaban J connectivity index is 2.43. The number of allylic oxidation sites excluding steroid dienone is 3. The second-order valence-corrected chi connectivity index (χ2v) is 19.5. The molecule has 1 rings (SSSR count). The van der Waals surface area contributed by atoms with E-state index in [0.29, 0.717) is 6.42 Å². The highest BCUT2D eigenvalue weighted by Gasteiger charge is 2.48. The summed E-state index contributed by atoms with van der Waals surface area (Å²) in [4.78, 5) is 13.1. The zero-order valence-corrected chi connectivity index (χ0v) is 41.4. The van der Waals surface area contributed by atoms with Gasteiger partial charge < -0.3 is 35.2 Å². The van der Waals surface area contributed by atoms with Gasteiger partial charge in [0.2, 0.25) is 5.91 Å². The van der Waals surface area contributed by atoms with Crippen LogP contribution in [0.5, 0.6) is 0 Å². The van der Waals surface area contributed by atoms with Gasteiger partial charge in [0.05, 0.1) is 25.4 Å². The number of amides is 1. The van der Waals surface area contributed by atoms with Crippen LogP contribution in [0.3, 0.4) is 0 Å². The minimum absolute atomic E-state index is 0.265. The second-order valence-electron chi connectivity index (χ2n) is 18.5. The lowest BCUT2D eigenvalue weighted by molar-refractivity contribution is -0.298. The van der Waals surface area contributed by atoms with Crippen LogP contribution in [0.15, 0.2) is 24.3 Å². The fourth-order valence-corrected chi connectivity index (χ4v) is 8.90. The van der Waals surface area contributed by atoms with Gasteiger partial charge in [-0.15, -0.1) is 0 Å². The molecule has 0 bridgehead atoms. The van der Waals surface area contributed by atoms with Crippen molar-refractivity contribution in [1.82, 2.24) is 5.32 Å². The Hall–Kier alpha value is -1.42. The van der Waals surface area contributed by atoms with Crippen molar-refractivity contribution in [2.24, 2.45) is 0 Å². The van der Waals surface area contributed by atoms with E-state index < -0.39 is 59.9 Å². The molecule has 12 nitrogen and oxygen atoms in total. The molecule has 64 heavy (non-hydrogen) atoms. The van der Waals surface area contributed by atoms with Gasteiger partial charge in [0.15, 0.2) is 6.29 Å². The molecule has 0 saturated carbocycles. The molecule has 0 aromatic carbocycles. The molecule has 1 saturated heterocycles. The number of carbonyl (C=O) groups is 1. The van der Waals surface area contributed by atoms with Gasteiger partial charge in [0.1, 0.15) is 24.4 Å². The largest absolute Gasteiger partial charge is 0.397 e. The van der Waals surface area contributed by atoms with Crippen LogP contribution in [0.25, 0.3) is 0 Å². The number of hydrogen-bond acceptors (Lipinski definition) is 10. The number of aliphatic hydroxyl groups is 4. The van der Waals surface area contributed by atoms with E-state index >= 15 is 0 Å². The maximum Gasteiger partial charge on any atom is 0.397 e. The Labute approximate surface area is 391 Å². The zero-order valence-electron chi connectivity index (χ0n) is 40.6. The third-order valence-electron chi connectivity index (χ3n) is 12.5. The van der Waals surface area contributed by atoms with Gasteiger partial charge in [0.25, 0.3) is 0 Å². The number of ether oxygens (including phenoxy) is 2. The number of carbonyl (C=O) groups excluding carboxylic acids is 1. The van der Waals surface area contributed by atoms with Crippen molar-refractivity contribution in [3.63, 3.8) is 0 Å². The molecule has 1 fully saturated rings. The van der Waals surface area contributed by atoms with Crippen LogP contribution < -0.4 is 5.32 Å². The molecule has 0 spiro atoms. The molecule has 1 aliphatic heterocycles. The first kappa shape index (κ1) is 60.6. The van der Waals surface area contributed by atoms with E-state index in [0.717, 1.165) is 44.9 Å². The highest BCUT2D eigenvalue weighted by Crippen LogP contribution is 2.26. The summed E-state index contributed by atoms with van der Waals surface area (Å²) in [6, 6.07) is -0.944. The van der Waals surface area contributed by atoms with Gasteiger partial charge in [-0.05, 0) is 44.9 Å². The molecular formula is C51H97NO11S. The molecule has 0 aromatic heterocycles. The molecule has 0 aromatic rings. The van der Waals surface area contributed by atoms with Crippen LogP contribution in [-0.4, -0.2) is 95.4 Å². The lowest BCUT2D eigenvalue weighted by Gasteiger charge is -2.41. The smallest absolute Gasteiger partial charge is 0.394 e. The molecule has 7 unspecified atom stereocenters. The quantitative estimate of drug-likeness (QED) is 0.0193. The molecule has 1 aliphatic rings. The van der Waals surface area contributed by atoms with Crippen LogP contribution in [0.2, 0.25) is 0 Å². The summed E-state index contributed by atoms with van der Waals surface area (Å²) in [5, 5.41) is 44.8. The number of unbranched alkanes of at least 4 members (excludes halogenated alkanes) is 31. The fraction of sp³-hybridized carbons (Fsp3) is 0.902. The molecule has 13 heteroatoms. The molecule has 0 aliphatic carbocycles. The van der Waals surface area contributed by atoms with Crippen molar-refractivity contribution in [3.8, 4) is 0 Å². The van der Waals surface area contributed by atoms with E-state index in [1.165, 1.54) is 167 Å². The lowest BCUT2D eigenvalue weighted by Crippen LogP contribution is -2.61. The minimum atomic E-state index is -5.09. The molecular weight excluding hydrogens is 835 g/mol. The van der Waals surface area contributed by atoms with E-state index in [-0.39, 0.29) is 18.9 Å². The van der Waals surface area contributed by atoms with Crippen LogP contribution in [0.4, 0.5) is 0 Å². The van der Waals surface area contributed by atoms with Crippen molar-refractivity contribution in [3.05, 3.63) is 24.3 Å². The predicted octanol–water partition coefficient (Wildman–Crippen LogP) is 11.3. The van der Waals surface area contributed by atoms with Gasteiger partial charge >= 0.3 is 10.4 Å². The SMILES string of the molecule is CCCCCC/C=C\CCCCCCCCCC(=O)NC(COC1OC(CO)C(O)C(OS(=O)(=O)O)C1O)C(O)/C=C/CCCCCCCCCCCCCCCCCCCCCC. The molecule has 378 valence electrons. The normalized spacial score (nSPS) is 20.4. The lowest BCUT2D eigenvalue weighted by atomic mass is 9.99. The number of aliphatic hydroxyl groups excluding tert-OH is 4. The Morgan fingerprint density at radius 1 is 0.609 bits per heavy atom. The summed E-state index contributed by atoms with van der Waals surface area (Å²) in [5.41, 5.74) is 0. The van der Waals surface area contributed by atoms with Crippen molar-refractivity contribution >= 4 is 16.3 Å². The third-order valence-corrected chi connectivity index (χ3v) is 12.9. The first-order chi connectivity index (χ1) is 31.0. The zero-order chi connectivity index (χ0) is 46.9. The summed E-state index contributed by atoms with van der Waals surface area (Å²) in [5.74, 6) is -0.266. The number of rotatable bonds is 45. The van der Waals surface area contributed by atoms with Gasteiger partial charge in [-0.3, -0.25) is 9.35 Å². The first-order valence-electron chi connectivity index (χ1n) is 26.2. The van der Waals surface area contributed by atoms with E-state index in [9.17, 15) is 38.2 Å². The monoisotopic (exact) mass is 932 g/mol. The van der Waals surface area contributed by atoms with Gasteiger partial charge in [-0.2, -0.15) is 8.42 Å². The van der Waals surface area contributed by atoms with Crippen molar-refractivity contribution in [2.45, 2.75) is 281 Å². The molecule has 6 N–H and O–H groups in total. The second kappa shape index (κ2) is 41.7. The molecule has 1 amide bonds. The topological polar surface area (TPSA) is 192 Å². The summed E-state index contributed by atoms with van der Waals surface area (Å²) in [7, 11) is -5.09. The Morgan fingerprint density at radius 2 is 1.00 bits per heavy atom. The fourth-order valence-electron chi connectivity index (χ4n) is 8.39. The summed E-state index contributed by atoms with van der Waals surface area (Å²) >= 11 is 0. The molecule has 1 heterocycles. The number of hydrogen-bond donors (Lipinski definition) is 6. The van der Waals surface area contributed by atoms with Gasteiger partial charge in [-0.25, -0.2) is 4.18 Å². The molecule has 7 atom stereocenters. The minimum Gasteiger partial charge on any atom is -0.394 e. The Morgan fingerprint density at radius 3 is 1.42 bits per heavy atom. The number of nitrogens with one attached hydrogen (secondary N) is 1. The standard InChI is InChI=1S/C51H97NO11S/c1-3-5-7-9-11-13-15-17-19-20-21-22-23-24-25-27-28-30-32-34-36-38-40-45(54)44(43-61-51-49(57)50(63-64(58,59)60)48(56)46(42-53)62-51)52-47(55)41-39-37-35-33-31-29-26-18-16-14-12-10-8-6-4-2/h14,16,38,40,44-46,48-51,53-54,56-57H,3-13,15,17-37,39,41-43H2,1-2H3,(H,52,55)(H,58,59,60)/b16-14-,40-38+. The maximum atomic E-state index is 13.1. The van der Waals surface area contributed by atoms with Gasteiger partial charge in [0, 0.05) is 6.42 Å². The predicted molar refractivity (Wildman–Crippen MR) is 259 cm³/mol. The van der Waals surface area contributed by atoms with Gasteiger partial charge in [-0.1, -0.05) is 212 Å². The average Bonchev–Trinajstić information content (AvgIpc) is 3.27. The van der Waals surface area contributed by atoms with E-state index in [4.69, 9.17) is 9.47 Å². The Kier molecular flexibility index (Phi) is 39.5. The van der Waals surface area contributed by atoms with Crippen LogP contribution in [-0.2, 0) is 28.9 Å². The van der Waals surface area contributed by atoms with Crippen LogP contribution >= 0.6 is 0 Å². The van der Waals surface area contributed by atoms with E-state index in [2.05, 4.69) is 35.5 Å². The average molecular weight is 932 g/mol. The summed E-state index contributed by atoms with van der Waals surface area (Å²) < 4.78 is 47.7. The van der Waals surface area contributed by atoms with Crippen molar-refractivity contribution in [2.75, 3.05) is 13.2 Å². The molecule has 0 radical (unpaired) electrons. The van der Waals surface area contributed by atoms with E-state index in [1.54, 1.807) is 6.08 Å². The summed E-state index contributed by atoms with van der Waals surface area (Å²) in [6.07, 6.45) is 40.7. The van der Waals surface area contributed by atoms with Crippen molar-refractivity contribution < 1.29 is 51.8 Å². The highest BCUT2D eigenvalue weighted by molar-refractivity contribution is 7.80. The first-order valence-corrected chi connectivity index (χ1v) is 27.6. The Bertz CT molecular complexity index is 1230. The van der Waals surface area contributed by atoms with Crippen LogP contribution in [0, 0.1) is 0 Å². The van der Waals surface area contributed by atoms with Crippen LogP contribution in [0.1, 0.15) is 239 Å². The summed E-state index contributed by atoms with van der Waals surface area (Å²) in [6.45, 7) is 3.39. The van der Waals surface area contributed by atoms with E-state index in [1.807, 2.05) is 6.08 Å². The maximum absolute atomic E-state index is 13.1. The third kappa shape index (κ3) is 34.0. The van der Waals surface area contributed by atoms with Crippen molar-refractivity contribution in [1.29, 1.82) is 0 Å². The highest BCUT2D eigenvalue weighted by atomic mass is 32.3.